The van der Waals surface area contributed by atoms with Crippen molar-refractivity contribution in [2.45, 2.75) is 44.8 Å². The Balaban J connectivity index is 1.39. The number of benzene rings is 2. The number of nitrogens with zero attached hydrogens (tertiary/aromatic N) is 1. The molecule has 1 heterocycles. The van der Waals surface area contributed by atoms with Crippen LogP contribution in [0.1, 0.15) is 43.2 Å². The summed E-state index contributed by atoms with van der Waals surface area (Å²) in [6.07, 6.45) is 8.98. The van der Waals surface area contributed by atoms with Gasteiger partial charge in [0.05, 0.1) is 10.0 Å². The maximum Gasteiger partial charge on any atom is 0.119 e. The van der Waals surface area contributed by atoms with E-state index in [1.807, 2.05) is 24.3 Å². The van der Waals surface area contributed by atoms with E-state index in [4.69, 9.17) is 27.9 Å². The zero-order chi connectivity index (χ0) is 18.6. The lowest BCUT2D eigenvalue weighted by Crippen LogP contribution is -2.46. The average molecular weight is 402 g/mol. The Kier molecular flexibility index (Phi) is 6.07. The summed E-state index contributed by atoms with van der Waals surface area (Å²) in [5.41, 5.74) is 3.87. The lowest BCUT2D eigenvalue weighted by molar-refractivity contribution is 0.121. The highest BCUT2D eigenvalue weighted by Gasteiger charge is 2.28. The largest absolute Gasteiger partial charge is 0.489 e. The SMILES string of the molecule is Clc1ccc(COc2ccc(C=C3CCCCC3N3CCC3)cc2)cc1Cl. The molecule has 0 radical (unpaired) electrons. The summed E-state index contributed by atoms with van der Waals surface area (Å²) in [6, 6.07) is 14.6. The highest BCUT2D eigenvalue weighted by atomic mass is 35.5. The molecule has 1 saturated heterocycles. The van der Waals surface area contributed by atoms with Crippen LogP contribution >= 0.6 is 23.2 Å². The molecule has 2 nitrogen and oxygen atoms in total. The maximum atomic E-state index is 6.06. The molecule has 1 unspecified atom stereocenters. The number of hydrogen-bond acceptors (Lipinski definition) is 2. The summed E-state index contributed by atoms with van der Waals surface area (Å²) < 4.78 is 5.89. The molecule has 1 aliphatic carbocycles. The van der Waals surface area contributed by atoms with Crippen molar-refractivity contribution in [3.05, 3.63) is 69.2 Å². The van der Waals surface area contributed by atoms with Crippen LogP contribution in [0.15, 0.2) is 48.0 Å². The molecular formula is C23H25Cl2NO. The maximum absolute atomic E-state index is 6.06. The predicted molar refractivity (Wildman–Crippen MR) is 114 cm³/mol. The fourth-order valence-corrected chi connectivity index (χ4v) is 4.25. The van der Waals surface area contributed by atoms with E-state index in [2.05, 4.69) is 23.1 Å². The van der Waals surface area contributed by atoms with E-state index in [1.54, 1.807) is 11.6 Å². The second-order valence-corrected chi connectivity index (χ2v) is 8.29. The Morgan fingerprint density at radius 3 is 2.48 bits per heavy atom. The van der Waals surface area contributed by atoms with Gasteiger partial charge >= 0.3 is 0 Å². The first-order valence-corrected chi connectivity index (χ1v) is 10.6. The Bertz CT molecular complexity index is 812. The third-order valence-corrected chi connectivity index (χ3v) is 6.31. The molecule has 0 aromatic heterocycles. The number of ether oxygens (including phenoxy) is 1. The van der Waals surface area contributed by atoms with Gasteiger partial charge in [0.1, 0.15) is 12.4 Å². The fraction of sp³-hybridized carbons (Fsp3) is 0.391. The molecule has 1 saturated carbocycles. The van der Waals surface area contributed by atoms with Crippen LogP contribution in [0.4, 0.5) is 0 Å². The van der Waals surface area contributed by atoms with Gasteiger partial charge in [-0.25, -0.2) is 0 Å². The molecule has 2 aliphatic rings. The second-order valence-electron chi connectivity index (χ2n) is 7.48. The zero-order valence-electron chi connectivity index (χ0n) is 15.5. The van der Waals surface area contributed by atoms with E-state index in [9.17, 15) is 0 Å². The topological polar surface area (TPSA) is 12.5 Å². The molecule has 2 aromatic rings. The summed E-state index contributed by atoms with van der Waals surface area (Å²) in [6.45, 7) is 3.02. The monoisotopic (exact) mass is 401 g/mol. The van der Waals surface area contributed by atoms with Gasteiger partial charge in [-0.05, 0) is 74.2 Å². The van der Waals surface area contributed by atoms with Crippen molar-refractivity contribution in [3.8, 4) is 5.75 Å². The molecule has 0 N–H and O–H groups in total. The van der Waals surface area contributed by atoms with Crippen molar-refractivity contribution >= 4 is 29.3 Å². The zero-order valence-corrected chi connectivity index (χ0v) is 17.0. The van der Waals surface area contributed by atoms with Crippen LogP contribution in [0.5, 0.6) is 5.75 Å². The predicted octanol–water partition coefficient (Wildman–Crippen LogP) is 6.60. The molecule has 1 aliphatic heterocycles. The molecule has 0 amide bonds. The van der Waals surface area contributed by atoms with Crippen molar-refractivity contribution in [2.24, 2.45) is 0 Å². The Morgan fingerprint density at radius 1 is 0.963 bits per heavy atom. The van der Waals surface area contributed by atoms with Gasteiger partial charge in [-0.15, -0.1) is 0 Å². The summed E-state index contributed by atoms with van der Waals surface area (Å²) >= 11 is 12.0. The van der Waals surface area contributed by atoms with E-state index in [0.29, 0.717) is 22.7 Å². The van der Waals surface area contributed by atoms with Crippen molar-refractivity contribution in [1.82, 2.24) is 4.90 Å². The molecule has 4 heteroatoms. The van der Waals surface area contributed by atoms with Crippen LogP contribution in [-0.2, 0) is 6.61 Å². The first-order valence-electron chi connectivity index (χ1n) is 9.80. The van der Waals surface area contributed by atoms with E-state index in [0.717, 1.165) is 11.3 Å². The van der Waals surface area contributed by atoms with Crippen LogP contribution in [0.3, 0.4) is 0 Å². The minimum Gasteiger partial charge on any atom is -0.489 e. The van der Waals surface area contributed by atoms with E-state index >= 15 is 0 Å². The smallest absolute Gasteiger partial charge is 0.119 e. The van der Waals surface area contributed by atoms with Gasteiger partial charge in [0, 0.05) is 6.04 Å². The van der Waals surface area contributed by atoms with Crippen LogP contribution in [0.25, 0.3) is 6.08 Å². The van der Waals surface area contributed by atoms with Crippen LogP contribution in [0, 0.1) is 0 Å². The molecule has 4 rings (SSSR count). The Morgan fingerprint density at radius 2 is 1.78 bits per heavy atom. The fourth-order valence-electron chi connectivity index (χ4n) is 3.93. The normalized spacial score (nSPS) is 21.9. The first-order chi connectivity index (χ1) is 13.2. The molecule has 27 heavy (non-hydrogen) atoms. The number of halogens is 2. The van der Waals surface area contributed by atoms with Gasteiger partial charge in [0.2, 0.25) is 0 Å². The highest BCUT2D eigenvalue weighted by molar-refractivity contribution is 6.42. The summed E-state index contributed by atoms with van der Waals surface area (Å²) in [5.74, 6) is 0.867. The summed E-state index contributed by atoms with van der Waals surface area (Å²) in [4.78, 5) is 2.64. The molecule has 0 bridgehead atoms. The van der Waals surface area contributed by atoms with Crippen molar-refractivity contribution in [3.63, 3.8) is 0 Å². The van der Waals surface area contributed by atoms with Crippen molar-refractivity contribution < 1.29 is 4.74 Å². The van der Waals surface area contributed by atoms with Gasteiger partial charge in [-0.2, -0.15) is 0 Å². The van der Waals surface area contributed by atoms with Crippen molar-refractivity contribution in [1.29, 1.82) is 0 Å². The van der Waals surface area contributed by atoms with Crippen LogP contribution in [0.2, 0.25) is 10.0 Å². The highest BCUT2D eigenvalue weighted by Crippen LogP contribution is 2.32. The summed E-state index contributed by atoms with van der Waals surface area (Å²) in [5, 5.41) is 1.13. The Hall–Kier alpha value is -1.48. The third kappa shape index (κ3) is 4.68. The molecule has 0 spiro atoms. The second kappa shape index (κ2) is 8.68. The third-order valence-electron chi connectivity index (χ3n) is 5.57. The quantitative estimate of drug-likeness (QED) is 0.558. The lowest BCUT2D eigenvalue weighted by Gasteiger charge is -2.42. The number of hydrogen-bond donors (Lipinski definition) is 0. The van der Waals surface area contributed by atoms with Gasteiger partial charge in [0.25, 0.3) is 0 Å². The average Bonchev–Trinajstić information content (AvgIpc) is 2.64. The van der Waals surface area contributed by atoms with E-state index in [-0.39, 0.29) is 0 Å². The molecule has 1 atom stereocenters. The van der Waals surface area contributed by atoms with Gasteiger partial charge in [0.15, 0.2) is 0 Å². The molecule has 2 fully saturated rings. The minimum absolute atomic E-state index is 0.481. The summed E-state index contributed by atoms with van der Waals surface area (Å²) in [7, 11) is 0. The first kappa shape index (κ1) is 18.9. The van der Waals surface area contributed by atoms with E-state index < -0.39 is 0 Å². The standard InChI is InChI=1S/C23H25Cl2NO/c24-21-11-8-18(15-22(21)25)16-27-20-9-6-17(7-10-20)14-19-4-1-2-5-23(19)26-12-3-13-26/h6-11,14-15,23H,1-5,12-13,16H2. The van der Waals surface area contributed by atoms with E-state index in [1.165, 1.54) is 50.8 Å². The number of rotatable bonds is 5. The molecule has 2 aromatic carbocycles. The van der Waals surface area contributed by atoms with Crippen LogP contribution in [-0.4, -0.2) is 24.0 Å². The van der Waals surface area contributed by atoms with Crippen molar-refractivity contribution in [2.75, 3.05) is 13.1 Å². The number of likely N-dealkylation sites (tertiary alicyclic amines) is 1. The minimum atomic E-state index is 0.481. The lowest BCUT2D eigenvalue weighted by atomic mass is 9.86. The van der Waals surface area contributed by atoms with Gasteiger partial charge in [-0.1, -0.05) is 59.5 Å². The molecular weight excluding hydrogens is 377 g/mol. The van der Waals surface area contributed by atoms with Gasteiger partial charge in [-0.3, -0.25) is 4.90 Å². The van der Waals surface area contributed by atoms with Gasteiger partial charge < -0.3 is 4.74 Å². The Labute approximate surface area is 171 Å². The van der Waals surface area contributed by atoms with Crippen LogP contribution < -0.4 is 4.74 Å². The molecule has 142 valence electrons.